The van der Waals surface area contributed by atoms with E-state index in [4.69, 9.17) is 0 Å². The van der Waals surface area contributed by atoms with Gasteiger partial charge in [0.1, 0.15) is 0 Å². The molecule has 0 amide bonds. The number of benzene rings is 1. The number of alkyl halides is 51. The normalized spacial score (nSPS) is 16.2. The number of carbonyl (C=O) groups is 2. The summed E-state index contributed by atoms with van der Waals surface area (Å²) in [5.41, 5.74) is -5.33. The molecule has 0 bridgehead atoms. The topological polar surface area (TPSA) is 52.6 Å². The first-order valence-corrected chi connectivity index (χ1v) is 26.8. The van der Waals surface area contributed by atoms with Crippen molar-refractivity contribution in [3.63, 3.8) is 0 Å². The van der Waals surface area contributed by atoms with Crippen molar-refractivity contribution in [3.8, 4) is 0 Å². The van der Waals surface area contributed by atoms with E-state index in [2.05, 4.69) is 6.13 Å². The van der Waals surface area contributed by atoms with Crippen LogP contribution in [0, 0.1) is 3.57 Å². The number of halogens is 52. The van der Waals surface area contributed by atoms with Crippen molar-refractivity contribution in [3.05, 3.63) is 32.4 Å². The Morgan fingerprint density at radius 2 is 0.424 bits per heavy atom. The molecule has 56 heteroatoms. The van der Waals surface area contributed by atoms with Gasteiger partial charge in [0.15, 0.2) is 0 Å². The molecule has 0 spiro atoms. The molecule has 0 radical (unpaired) electrons. The van der Waals surface area contributed by atoms with Gasteiger partial charge in [-0.1, -0.05) is 0 Å². The number of hydrogen-bond acceptors (Lipinski definition) is 4. The smallest absolute Gasteiger partial charge is 0.189 e. The van der Waals surface area contributed by atoms with Crippen LogP contribution in [0.25, 0.3) is 0 Å². The van der Waals surface area contributed by atoms with Gasteiger partial charge in [-0.15, -0.1) is 0 Å². The van der Waals surface area contributed by atoms with Crippen molar-refractivity contribution in [2.45, 2.75) is 215 Å². The maximum absolute atomic E-state index is 15.1. The van der Waals surface area contributed by atoms with E-state index in [0.717, 1.165) is 0 Å². The van der Waals surface area contributed by atoms with E-state index < -0.39 is 254 Å². The molecule has 0 saturated heterocycles. The molecule has 0 heterocycles. The Morgan fingerprint density at radius 1 is 0.263 bits per heavy atom. The van der Waals surface area contributed by atoms with E-state index in [-0.39, 0.29) is 26.0 Å². The van der Waals surface area contributed by atoms with Crippen LogP contribution in [0.4, 0.5) is 224 Å². The molecule has 0 aliphatic carbocycles. The Balaban J connectivity index is 4.52. The zero-order valence-corrected chi connectivity index (χ0v) is 48.0. The van der Waals surface area contributed by atoms with E-state index in [9.17, 15) is 216 Å². The Kier molecular flexibility index (Phi) is 24.7. The Morgan fingerprint density at radius 3 is 0.596 bits per heavy atom. The molecule has 1 aromatic carbocycles. The fraction of sp³-hybridized carbons (Fsp3) is 0.814. The molecular weight excluding hydrogens is 1680 g/mol. The van der Waals surface area contributed by atoms with Crippen molar-refractivity contribution < 1.29 is 240 Å². The molecule has 0 atom stereocenters. The summed E-state index contributed by atoms with van der Waals surface area (Å²) in [5.74, 6) is -189. The fourth-order valence-electron chi connectivity index (χ4n) is 7.40. The van der Waals surface area contributed by atoms with Crippen LogP contribution in [0.15, 0.2) is 12.1 Å². The van der Waals surface area contributed by atoms with E-state index in [1.165, 1.54) is 0 Å². The van der Waals surface area contributed by atoms with E-state index in [0.29, 0.717) is 0 Å². The van der Waals surface area contributed by atoms with E-state index >= 15 is 17.6 Å². The predicted molar refractivity (Wildman–Crippen MR) is 224 cm³/mol. The van der Waals surface area contributed by atoms with E-state index in [1.54, 1.807) is 0 Å². The van der Waals surface area contributed by atoms with Crippen LogP contribution in [-0.4, -0.2) is 155 Å². The second kappa shape index (κ2) is 26.5. The zero-order chi connectivity index (χ0) is 80.2. The maximum atomic E-state index is 15.1. The monoisotopic (exact) mass is 1700 g/mol. The van der Waals surface area contributed by atoms with Crippen molar-refractivity contribution in [2.24, 2.45) is 0 Å². The van der Waals surface area contributed by atoms with Crippen molar-refractivity contribution in [1.29, 1.82) is 0 Å². The Labute approximate surface area is 519 Å². The summed E-state index contributed by atoms with van der Waals surface area (Å²) >= 11 is -5.68. The van der Waals surface area contributed by atoms with Crippen molar-refractivity contribution >= 4 is 32.6 Å². The first kappa shape index (κ1) is 92.3. The summed E-state index contributed by atoms with van der Waals surface area (Å²) in [6.45, 7) is 0.151. The van der Waals surface area contributed by atoms with Crippen molar-refractivity contribution in [1.82, 2.24) is 0 Å². The molecule has 0 aliphatic rings. The van der Waals surface area contributed by atoms with Gasteiger partial charge in [0.05, 0.1) is 0 Å². The number of carbonyl (C=O) groups excluding carboxylic acids is 2. The average molecular weight is 1700 g/mol. The van der Waals surface area contributed by atoms with Gasteiger partial charge in [-0.25, -0.2) is 0 Å². The summed E-state index contributed by atoms with van der Waals surface area (Å²) in [4.78, 5) is 24.2. The van der Waals surface area contributed by atoms with Crippen LogP contribution in [-0.2, 0) is 35.0 Å². The molecule has 586 valence electrons. The molecule has 0 unspecified atom stereocenters. The summed E-state index contributed by atoms with van der Waals surface area (Å²) in [7, 11) is 0. The van der Waals surface area contributed by atoms with Gasteiger partial charge in [0.25, 0.3) is 0 Å². The van der Waals surface area contributed by atoms with Crippen molar-refractivity contribution in [2.75, 3.05) is 0 Å². The first-order valence-electron chi connectivity index (χ1n) is 24.0. The number of hydrogen-bond donors (Lipinski definition) is 0. The molecule has 1 aromatic rings. The molecule has 99 heavy (non-hydrogen) atoms. The summed E-state index contributed by atoms with van der Waals surface area (Å²) in [6, 6.07) is -0.657. The molecule has 4 nitrogen and oxygen atoms in total. The summed E-state index contributed by atoms with van der Waals surface area (Å²) in [6.07, 6.45) is -50.6. The molecule has 0 saturated carbocycles. The van der Waals surface area contributed by atoms with Gasteiger partial charge in [-0.2, -0.15) is 83.4 Å². The first-order chi connectivity index (χ1) is 42.6. The fourth-order valence-corrected chi connectivity index (χ4v) is 11.0. The van der Waals surface area contributed by atoms with Gasteiger partial charge in [-0.05, 0) is 0 Å². The quantitative estimate of drug-likeness (QED) is 0.0520. The summed E-state index contributed by atoms with van der Waals surface area (Å²) < 4.78 is 718. The van der Waals surface area contributed by atoms with Gasteiger partial charge in [-0.3, -0.25) is 0 Å². The number of aryl methyl sites for hydroxylation is 3. The third kappa shape index (κ3) is 14.3. The molecule has 0 aromatic heterocycles. The second-order valence-electron chi connectivity index (χ2n) is 20.1. The second-order valence-corrected chi connectivity index (χ2v) is 23.3. The standard InChI is InChI=1S/C43H26F51IO4/c1-14(96)98-95(99-15(2)97)19-17(7-4-10-21(46,47)24(52,53)27(58,59)30(64,65)33(70,71)36(76,77)39(82,83)42(89,90)91)12-16(6-3-9-20(44,45)23(50,51)26(56,57)29(62,63)32(68,69)35(74,75)38(80,81)41(86,87)88)13-18(19)8-5-11-22(48,49)25(54,55)28(60,61)31(66,67)34(72,73)37(78,79)40(84,85)43(92,93)94/h12-13H,3-11H2,1-2H3. The van der Waals surface area contributed by atoms with Crippen LogP contribution in [0.1, 0.15) is 69.1 Å². The van der Waals surface area contributed by atoms with E-state index in [1.807, 2.05) is 0 Å². The van der Waals surface area contributed by atoms with Crippen LogP contribution < -0.4 is 0 Å². The predicted octanol–water partition coefficient (Wildman–Crippen LogP) is 21.3. The van der Waals surface area contributed by atoms with Gasteiger partial charge in [0.2, 0.25) is 0 Å². The Hall–Kier alpha value is -4.68. The molecule has 0 N–H and O–H groups in total. The van der Waals surface area contributed by atoms with Crippen LogP contribution in [0.2, 0.25) is 0 Å². The average Bonchev–Trinajstić information content (AvgIpc) is 0.707. The van der Waals surface area contributed by atoms with Crippen LogP contribution >= 0.6 is 20.6 Å². The third-order valence-electron chi connectivity index (χ3n) is 13.0. The summed E-state index contributed by atoms with van der Waals surface area (Å²) in [5, 5.41) is 0. The SMILES string of the molecule is CC(=O)OI(OC(C)=O)c1c(CCCC(F)(F)C(F)(F)C(F)(F)C(F)(F)C(F)(F)C(F)(F)C(F)(F)C(F)(F)F)cc(CCCC(F)(F)C(F)(F)C(F)(F)C(F)(F)C(F)(F)C(F)(F)C(F)(F)C(F)(F)F)cc1CCCC(F)(F)C(F)(F)C(F)(F)C(F)(F)C(F)(F)C(F)(F)C(F)(F)C(F)(F)F. The minimum absolute atomic E-state index is 0.0754. The Bertz CT molecular complexity index is 2860. The van der Waals surface area contributed by atoms with Gasteiger partial charge >= 0.3 is 436 Å². The molecular formula is C43H26F51IO4. The van der Waals surface area contributed by atoms with Crippen LogP contribution in [0.3, 0.4) is 0 Å². The van der Waals surface area contributed by atoms with Crippen LogP contribution in [0.5, 0.6) is 0 Å². The molecule has 0 aliphatic heterocycles. The molecule has 1 rings (SSSR count). The number of rotatable bonds is 33. The van der Waals surface area contributed by atoms with Gasteiger partial charge < -0.3 is 0 Å². The minimum atomic E-state index is -9.33. The minimum Gasteiger partial charge on any atom is -0.189 e. The third-order valence-corrected chi connectivity index (χ3v) is 17.3. The molecule has 0 fully saturated rings. The zero-order valence-electron chi connectivity index (χ0n) is 45.8. The van der Waals surface area contributed by atoms with Gasteiger partial charge in [0, 0.05) is 0 Å².